The highest BCUT2D eigenvalue weighted by atomic mass is 16.5. The van der Waals surface area contributed by atoms with E-state index in [1.807, 2.05) is 67.5 Å². The molecule has 3 unspecified atom stereocenters. The number of hydrogen-bond donors (Lipinski definition) is 2. The largest absolute Gasteiger partial charge is 0.463 e. The van der Waals surface area contributed by atoms with Crippen LogP contribution in [0.1, 0.15) is 74.8 Å². The second kappa shape index (κ2) is 15.6. The van der Waals surface area contributed by atoms with Crippen LogP contribution in [-0.2, 0) is 29.3 Å². The summed E-state index contributed by atoms with van der Waals surface area (Å²) in [6.07, 6.45) is 2.64. The van der Waals surface area contributed by atoms with Gasteiger partial charge in [0.05, 0.1) is 12.6 Å². The summed E-state index contributed by atoms with van der Waals surface area (Å²) in [5.74, 6) is -1.47. The van der Waals surface area contributed by atoms with Gasteiger partial charge in [-0.1, -0.05) is 86.3 Å². The Balaban J connectivity index is 3.24. The Labute approximate surface area is 252 Å². The first-order valence-corrected chi connectivity index (χ1v) is 14.5. The molecule has 0 radical (unpaired) electrons. The van der Waals surface area contributed by atoms with E-state index in [0.717, 1.165) is 5.56 Å². The smallest absolute Gasteiger partial charge is 0.411 e. The number of ether oxygens (including phenoxy) is 2. The second-order valence-corrected chi connectivity index (χ2v) is 12.6. The molecule has 0 bridgehead atoms. The Morgan fingerprint density at radius 1 is 1.05 bits per heavy atom. The van der Waals surface area contributed by atoms with Crippen molar-refractivity contribution in [1.82, 2.24) is 10.2 Å². The average molecular weight is 586 g/mol. The highest BCUT2D eigenvalue weighted by molar-refractivity contribution is 5.91. The van der Waals surface area contributed by atoms with E-state index in [2.05, 4.69) is 17.2 Å². The fraction of sp³-hybridized carbons (Fsp3) is 0.576. The topological polar surface area (TPSA) is 114 Å². The van der Waals surface area contributed by atoms with Crippen molar-refractivity contribution in [3.63, 3.8) is 0 Å². The van der Waals surface area contributed by atoms with Crippen molar-refractivity contribution >= 4 is 29.6 Å². The van der Waals surface area contributed by atoms with Crippen molar-refractivity contribution in [3.05, 3.63) is 54.1 Å². The first kappa shape index (κ1) is 36.4. The molecule has 0 aliphatic rings. The number of nitrogens with one attached hydrogen (secondary N) is 2. The summed E-state index contributed by atoms with van der Waals surface area (Å²) in [6.45, 7) is 22.7. The van der Waals surface area contributed by atoms with Gasteiger partial charge in [0, 0.05) is 29.6 Å². The van der Waals surface area contributed by atoms with Crippen molar-refractivity contribution in [1.29, 1.82) is 0 Å². The van der Waals surface area contributed by atoms with Gasteiger partial charge < -0.3 is 19.7 Å². The number of anilines is 1. The van der Waals surface area contributed by atoms with E-state index in [9.17, 15) is 19.2 Å². The zero-order valence-electron chi connectivity index (χ0n) is 27.3. The molecule has 0 fully saturated rings. The first-order valence-electron chi connectivity index (χ1n) is 14.5. The summed E-state index contributed by atoms with van der Waals surface area (Å²) in [6, 6.07) is 6.05. The van der Waals surface area contributed by atoms with Crippen LogP contribution in [-0.4, -0.2) is 61.1 Å². The van der Waals surface area contributed by atoms with E-state index in [1.165, 1.54) is 6.08 Å². The molecule has 0 aromatic heterocycles. The van der Waals surface area contributed by atoms with Gasteiger partial charge in [0.1, 0.15) is 12.6 Å². The van der Waals surface area contributed by atoms with Gasteiger partial charge in [-0.25, -0.2) is 9.59 Å². The third kappa shape index (κ3) is 10.0. The molecule has 2 N–H and O–H groups in total. The van der Waals surface area contributed by atoms with Gasteiger partial charge >= 0.3 is 12.1 Å². The normalized spacial score (nSPS) is 14.3. The van der Waals surface area contributed by atoms with Crippen LogP contribution in [0.5, 0.6) is 0 Å². The first-order chi connectivity index (χ1) is 19.4. The summed E-state index contributed by atoms with van der Waals surface area (Å²) in [5, 5.41) is 5.72. The quantitative estimate of drug-likeness (QED) is 0.170. The molecule has 9 heteroatoms. The van der Waals surface area contributed by atoms with E-state index < -0.39 is 34.9 Å². The maximum Gasteiger partial charge on any atom is 0.411 e. The predicted molar refractivity (Wildman–Crippen MR) is 167 cm³/mol. The van der Waals surface area contributed by atoms with Crippen molar-refractivity contribution in [2.45, 2.75) is 86.7 Å². The number of rotatable bonds is 13. The summed E-state index contributed by atoms with van der Waals surface area (Å²) >= 11 is 0. The fourth-order valence-corrected chi connectivity index (χ4v) is 4.45. The van der Waals surface area contributed by atoms with Gasteiger partial charge in [0.2, 0.25) is 11.8 Å². The predicted octanol–water partition coefficient (Wildman–Crippen LogP) is 5.86. The van der Waals surface area contributed by atoms with E-state index >= 15 is 0 Å². The molecule has 3 amide bonds. The Kier molecular flexibility index (Phi) is 13.5. The minimum atomic E-state index is -0.821. The van der Waals surface area contributed by atoms with E-state index in [0.29, 0.717) is 11.3 Å². The van der Waals surface area contributed by atoms with Gasteiger partial charge in [-0.3, -0.25) is 14.9 Å². The van der Waals surface area contributed by atoms with E-state index in [1.54, 1.807) is 44.0 Å². The number of esters is 1. The molecule has 42 heavy (non-hydrogen) atoms. The van der Waals surface area contributed by atoms with Gasteiger partial charge in [0.25, 0.3) is 0 Å². The molecule has 3 atom stereocenters. The highest BCUT2D eigenvalue weighted by Crippen LogP contribution is 2.34. The third-order valence-corrected chi connectivity index (χ3v) is 7.56. The maximum absolute atomic E-state index is 13.9. The van der Waals surface area contributed by atoms with Gasteiger partial charge in [-0.15, -0.1) is 0 Å². The number of likely N-dealkylation sites (N-methyl/N-ethyl adjacent to an activating group) is 1. The lowest BCUT2D eigenvalue weighted by Gasteiger charge is -2.39. The lowest BCUT2D eigenvalue weighted by molar-refractivity contribution is -0.141. The molecule has 0 spiro atoms. The molecule has 0 aliphatic heterocycles. The zero-order chi connectivity index (χ0) is 32.4. The zero-order valence-corrected chi connectivity index (χ0v) is 27.3. The fourth-order valence-electron chi connectivity index (χ4n) is 4.45. The monoisotopic (exact) mass is 585 g/mol. The Bertz CT molecular complexity index is 1150. The lowest BCUT2D eigenvalue weighted by Crippen LogP contribution is -2.58. The summed E-state index contributed by atoms with van der Waals surface area (Å²) in [4.78, 5) is 53.5. The van der Waals surface area contributed by atoms with Gasteiger partial charge in [0.15, 0.2) is 0 Å². The van der Waals surface area contributed by atoms with Crippen LogP contribution >= 0.6 is 0 Å². The number of hydrogen-bond acceptors (Lipinski definition) is 6. The van der Waals surface area contributed by atoms with Crippen molar-refractivity contribution in [2.75, 3.05) is 25.6 Å². The van der Waals surface area contributed by atoms with Crippen molar-refractivity contribution in [3.8, 4) is 0 Å². The molecule has 234 valence electrons. The molecule has 1 aromatic rings. The van der Waals surface area contributed by atoms with Crippen LogP contribution in [0.15, 0.2) is 48.6 Å². The Morgan fingerprint density at radius 2 is 1.67 bits per heavy atom. The van der Waals surface area contributed by atoms with Crippen LogP contribution in [0.4, 0.5) is 10.5 Å². The van der Waals surface area contributed by atoms with Gasteiger partial charge in [-0.05, 0) is 42.9 Å². The highest BCUT2D eigenvalue weighted by Gasteiger charge is 2.40. The molecule has 9 nitrogen and oxygen atoms in total. The van der Waals surface area contributed by atoms with Crippen molar-refractivity contribution in [2.24, 2.45) is 17.3 Å². The standard InChI is InChI=1S/C33H51N3O6/c1-13-18-42-31(40)34-25-17-15-16-24(20-25)33(10,11)23(6)28(37)35-27(32(7,8)9)29(38)36(12)26(21(3)4)19-22(5)30(39)41-14-2/h13,15-17,19-21,23,26-27H,1,14,18H2,2-12H3,(H,34,40)(H,35,37)/b22-19+. The van der Waals surface area contributed by atoms with Crippen molar-refractivity contribution < 1.29 is 28.7 Å². The Hall–Kier alpha value is -3.62. The molecule has 1 aromatic carbocycles. The number of carbonyl (C=O) groups is 4. The molecule has 0 saturated heterocycles. The molecular formula is C33H51N3O6. The Morgan fingerprint density at radius 3 is 2.19 bits per heavy atom. The summed E-state index contributed by atoms with van der Waals surface area (Å²) in [7, 11) is 1.69. The minimum Gasteiger partial charge on any atom is -0.463 e. The second-order valence-electron chi connectivity index (χ2n) is 12.6. The van der Waals surface area contributed by atoms with Crippen LogP contribution in [0.3, 0.4) is 0 Å². The minimum absolute atomic E-state index is 0.00689. The molecule has 0 aliphatic carbocycles. The van der Waals surface area contributed by atoms with Crippen LogP contribution < -0.4 is 10.6 Å². The lowest BCUT2D eigenvalue weighted by atomic mass is 9.73. The molecule has 0 saturated carbocycles. The van der Waals surface area contributed by atoms with Crippen LogP contribution in [0.25, 0.3) is 0 Å². The number of nitrogens with zero attached hydrogens (tertiary/aromatic N) is 1. The number of carbonyl (C=O) groups excluding carboxylic acids is 4. The molecule has 1 rings (SSSR count). The molecule has 0 heterocycles. The third-order valence-electron chi connectivity index (χ3n) is 7.56. The van der Waals surface area contributed by atoms with Crippen LogP contribution in [0.2, 0.25) is 0 Å². The average Bonchev–Trinajstić information content (AvgIpc) is 2.91. The maximum atomic E-state index is 13.9. The summed E-state index contributed by atoms with van der Waals surface area (Å²) in [5.41, 5.74) is 0.554. The van der Waals surface area contributed by atoms with Crippen LogP contribution in [0, 0.1) is 17.3 Å². The number of benzene rings is 1. The SMILES string of the molecule is C=CCOC(=O)Nc1cccc(C(C)(C)C(C)C(=O)NC(C(=O)N(C)C(/C=C(\C)C(=O)OCC)C(C)C)C(C)(C)C)c1. The number of amides is 3. The van der Waals surface area contributed by atoms with E-state index in [4.69, 9.17) is 9.47 Å². The van der Waals surface area contributed by atoms with E-state index in [-0.39, 0.29) is 37.0 Å². The van der Waals surface area contributed by atoms with Gasteiger partial charge in [-0.2, -0.15) is 0 Å². The summed E-state index contributed by atoms with van der Waals surface area (Å²) < 4.78 is 10.1. The molecular weight excluding hydrogens is 534 g/mol.